The van der Waals surface area contributed by atoms with E-state index in [4.69, 9.17) is 0 Å². The molecule has 0 unspecified atom stereocenters. The maximum atomic E-state index is 11.3. The smallest absolute Gasteiger partial charge is 0.337 e. The Morgan fingerprint density at radius 3 is 2.81 bits per heavy atom. The van der Waals surface area contributed by atoms with Crippen LogP contribution in [0.15, 0.2) is 18.2 Å². The van der Waals surface area contributed by atoms with E-state index in [1.54, 1.807) is 12.1 Å². The molecule has 2 aromatic rings. The molecule has 5 nitrogen and oxygen atoms in total. The van der Waals surface area contributed by atoms with Gasteiger partial charge >= 0.3 is 5.97 Å². The fraction of sp³-hybridized carbons (Fsp3) is 0.500. The predicted octanol–water partition coefficient (Wildman–Crippen LogP) is 2.46. The second kappa shape index (κ2) is 5.48. The Balaban J connectivity index is 2.04. The Hall–Kier alpha value is -1.88. The summed E-state index contributed by atoms with van der Waals surface area (Å²) in [5.41, 5.74) is 1.73. The van der Waals surface area contributed by atoms with Gasteiger partial charge in [0.1, 0.15) is 11.3 Å². The van der Waals surface area contributed by atoms with Crippen molar-refractivity contribution >= 4 is 17.0 Å². The van der Waals surface area contributed by atoms with Gasteiger partial charge in [0.05, 0.1) is 17.2 Å². The Labute approximate surface area is 123 Å². The number of rotatable bonds is 5. The van der Waals surface area contributed by atoms with E-state index in [0.29, 0.717) is 11.4 Å². The minimum atomic E-state index is -0.938. The van der Waals surface area contributed by atoms with Crippen LogP contribution in [-0.4, -0.2) is 31.8 Å². The van der Waals surface area contributed by atoms with Crippen LogP contribution < -0.4 is 0 Å². The van der Waals surface area contributed by atoms with Gasteiger partial charge in [-0.1, -0.05) is 13.0 Å². The summed E-state index contributed by atoms with van der Waals surface area (Å²) in [6.07, 6.45) is 3.28. The maximum absolute atomic E-state index is 11.3. The highest BCUT2D eigenvalue weighted by molar-refractivity contribution is 6.01. The van der Waals surface area contributed by atoms with Gasteiger partial charge in [0.25, 0.3) is 0 Å². The van der Waals surface area contributed by atoms with Crippen LogP contribution in [0.3, 0.4) is 0 Å². The van der Waals surface area contributed by atoms with Gasteiger partial charge in [-0.05, 0) is 37.3 Å². The lowest BCUT2D eigenvalue weighted by atomic mass is 9.82. The van der Waals surface area contributed by atoms with Crippen molar-refractivity contribution < 1.29 is 15.0 Å². The van der Waals surface area contributed by atoms with Crippen LogP contribution in [0.4, 0.5) is 0 Å². The number of fused-ring (bicyclic) bond motifs is 1. The zero-order valence-corrected chi connectivity index (χ0v) is 12.1. The number of aryl methyl sites for hydroxylation is 1. The molecule has 1 fully saturated rings. The van der Waals surface area contributed by atoms with Gasteiger partial charge in [-0.15, -0.1) is 0 Å². The van der Waals surface area contributed by atoms with Crippen LogP contribution >= 0.6 is 0 Å². The second-order valence-electron chi connectivity index (χ2n) is 5.86. The van der Waals surface area contributed by atoms with Crippen molar-refractivity contribution in [2.45, 2.75) is 45.3 Å². The summed E-state index contributed by atoms with van der Waals surface area (Å²) in [4.78, 5) is 15.9. The molecular weight excluding hydrogens is 268 g/mol. The number of imidazole rings is 1. The third-order valence-corrected chi connectivity index (χ3v) is 4.21. The first kappa shape index (κ1) is 14.1. The number of carbonyl (C=O) groups is 1. The number of carboxylic acids is 1. The maximum Gasteiger partial charge on any atom is 0.337 e. The molecule has 1 saturated carbocycles. The molecule has 21 heavy (non-hydrogen) atoms. The molecule has 1 aliphatic carbocycles. The second-order valence-corrected chi connectivity index (χ2v) is 5.86. The number of benzene rings is 1. The van der Waals surface area contributed by atoms with Gasteiger partial charge in [-0.25, -0.2) is 9.78 Å². The summed E-state index contributed by atoms with van der Waals surface area (Å²) >= 11 is 0. The van der Waals surface area contributed by atoms with Crippen LogP contribution in [0.25, 0.3) is 11.0 Å². The van der Waals surface area contributed by atoms with E-state index < -0.39 is 5.97 Å². The molecular formula is C16H20N2O3. The molecule has 1 aromatic heterocycles. The number of carboxylic acid groups (broad SMARTS) is 1. The molecule has 0 saturated heterocycles. The molecule has 1 heterocycles. The number of hydrogen-bond donors (Lipinski definition) is 2. The molecule has 0 amide bonds. The Bertz CT molecular complexity index is 671. The zero-order chi connectivity index (χ0) is 15.0. The summed E-state index contributed by atoms with van der Waals surface area (Å²) in [7, 11) is 0. The van der Waals surface area contributed by atoms with Gasteiger partial charge in [0, 0.05) is 13.0 Å². The lowest BCUT2D eigenvalue weighted by Crippen LogP contribution is -2.31. The molecule has 0 bridgehead atoms. The van der Waals surface area contributed by atoms with Crippen LogP contribution in [0.1, 0.15) is 42.4 Å². The van der Waals surface area contributed by atoms with Crippen molar-refractivity contribution in [2.24, 2.45) is 5.92 Å². The van der Waals surface area contributed by atoms with E-state index in [9.17, 15) is 15.0 Å². The summed E-state index contributed by atoms with van der Waals surface area (Å²) in [5, 5.41) is 18.8. The first-order valence-corrected chi connectivity index (χ1v) is 7.49. The van der Waals surface area contributed by atoms with Crippen LogP contribution in [-0.2, 0) is 13.0 Å². The molecule has 0 aliphatic heterocycles. The number of aliphatic hydroxyl groups excluding tert-OH is 1. The van der Waals surface area contributed by atoms with Crippen molar-refractivity contribution in [1.29, 1.82) is 0 Å². The summed E-state index contributed by atoms with van der Waals surface area (Å²) in [5.74, 6) is 0.469. The Kier molecular flexibility index (Phi) is 3.68. The lowest BCUT2D eigenvalue weighted by molar-refractivity contribution is 0.0353. The molecule has 0 radical (unpaired) electrons. The minimum absolute atomic E-state index is 0.172. The van der Waals surface area contributed by atoms with E-state index in [-0.39, 0.29) is 11.7 Å². The summed E-state index contributed by atoms with van der Waals surface area (Å²) < 4.78 is 2.14. The highest BCUT2D eigenvalue weighted by Gasteiger charge is 2.28. The monoisotopic (exact) mass is 288 g/mol. The van der Waals surface area contributed by atoms with E-state index in [1.807, 2.05) is 6.07 Å². The van der Waals surface area contributed by atoms with Gasteiger partial charge in [0.2, 0.25) is 0 Å². The Morgan fingerprint density at radius 1 is 1.43 bits per heavy atom. The molecule has 0 spiro atoms. The standard InChI is InChI=1S/C16H20N2O3/c1-2-4-14-17-15-12(16(20)21)5-3-6-13(15)18(14)9-10-7-11(19)8-10/h3,5-6,10-11,19H,2,4,7-9H2,1H3,(H,20,21). The topological polar surface area (TPSA) is 75.3 Å². The quantitative estimate of drug-likeness (QED) is 0.886. The van der Waals surface area contributed by atoms with E-state index >= 15 is 0 Å². The SMILES string of the molecule is CCCc1nc2c(C(=O)O)cccc2n1CC1CC(O)C1. The third-order valence-electron chi connectivity index (χ3n) is 4.21. The molecule has 1 aromatic carbocycles. The Morgan fingerprint density at radius 2 is 2.19 bits per heavy atom. The van der Waals surface area contributed by atoms with Gasteiger partial charge in [-0.2, -0.15) is 0 Å². The van der Waals surface area contributed by atoms with Crippen molar-refractivity contribution in [1.82, 2.24) is 9.55 Å². The fourth-order valence-electron chi connectivity index (χ4n) is 3.09. The zero-order valence-electron chi connectivity index (χ0n) is 12.1. The summed E-state index contributed by atoms with van der Waals surface area (Å²) in [6.45, 7) is 2.90. The fourth-order valence-corrected chi connectivity index (χ4v) is 3.09. The number of aliphatic hydroxyl groups is 1. The largest absolute Gasteiger partial charge is 0.478 e. The van der Waals surface area contributed by atoms with Crippen molar-refractivity contribution in [3.8, 4) is 0 Å². The van der Waals surface area contributed by atoms with Gasteiger partial charge in [0.15, 0.2) is 0 Å². The predicted molar refractivity (Wildman–Crippen MR) is 79.4 cm³/mol. The van der Waals surface area contributed by atoms with Crippen molar-refractivity contribution in [2.75, 3.05) is 0 Å². The van der Waals surface area contributed by atoms with Crippen LogP contribution in [0.5, 0.6) is 0 Å². The minimum Gasteiger partial charge on any atom is -0.478 e. The molecule has 2 N–H and O–H groups in total. The number of aromatic nitrogens is 2. The molecule has 3 rings (SSSR count). The molecule has 1 aliphatic rings. The van der Waals surface area contributed by atoms with E-state index in [1.165, 1.54) is 0 Å². The molecule has 112 valence electrons. The number of para-hydroxylation sites is 1. The first-order chi connectivity index (χ1) is 10.1. The van der Waals surface area contributed by atoms with Crippen LogP contribution in [0.2, 0.25) is 0 Å². The number of aromatic carboxylic acids is 1. The normalized spacial score (nSPS) is 21.4. The first-order valence-electron chi connectivity index (χ1n) is 7.49. The average molecular weight is 288 g/mol. The highest BCUT2D eigenvalue weighted by Crippen LogP contribution is 2.31. The molecule has 5 heteroatoms. The summed E-state index contributed by atoms with van der Waals surface area (Å²) in [6, 6.07) is 5.31. The van der Waals surface area contributed by atoms with Crippen LogP contribution in [0, 0.1) is 5.92 Å². The van der Waals surface area contributed by atoms with E-state index in [2.05, 4.69) is 16.5 Å². The third kappa shape index (κ3) is 2.53. The highest BCUT2D eigenvalue weighted by atomic mass is 16.4. The van der Waals surface area contributed by atoms with Gasteiger partial charge in [-0.3, -0.25) is 0 Å². The van der Waals surface area contributed by atoms with Gasteiger partial charge < -0.3 is 14.8 Å². The van der Waals surface area contributed by atoms with Crippen molar-refractivity contribution in [3.05, 3.63) is 29.6 Å². The number of nitrogens with zero attached hydrogens (tertiary/aromatic N) is 2. The molecule has 0 atom stereocenters. The van der Waals surface area contributed by atoms with Crippen molar-refractivity contribution in [3.63, 3.8) is 0 Å². The number of hydrogen-bond acceptors (Lipinski definition) is 3. The average Bonchev–Trinajstić information content (AvgIpc) is 2.75. The lowest BCUT2D eigenvalue weighted by Gasteiger charge is -2.32. The van der Waals surface area contributed by atoms with E-state index in [0.717, 1.165) is 43.6 Å².